The molecule has 0 unspecified atom stereocenters. The number of amides is 2. The molecule has 0 heterocycles. The Bertz CT molecular complexity index is 332. The summed E-state index contributed by atoms with van der Waals surface area (Å²) < 4.78 is 5.50. The summed E-state index contributed by atoms with van der Waals surface area (Å²) in [5.74, 6) is 8.05. The van der Waals surface area contributed by atoms with E-state index < -0.39 is 0 Å². The molecule has 0 atom stereocenters. The van der Waals surface area contributed by atoms with Gasteiger partial charge in [-0.25, -0.2) is 4.79 Å². The van der Waals surface area contributed by atoms with Gasteiger partial charge in [0.2, 0.25) is 0 Å². The fourth-order valence-corrected chi connectivity index (χ4v) is 2.97. The average molecular weight is 408 g/mol. The number of hydrogen-bond acceptors (Lipinski definition) is 5. The second kappa shape index (κ2) is 29.2. The van der Waals surface area contributed by atoms with Crippen LogP contribution in [0.1, 0.15) is 54.4 Å². The van der Waals surface area contributed by atoms with Gasteiger partial charge in [-0.05, 0) is 19.9 Å². The molecule has 0 rings (SSSR count). The van der Waals surface area contributed by atoms with Gasteiger partial charge in [0, 0.05) is 31.4 Å². The van der Waals surface area contributed by atoms with Crippen LogP contribution in [0.25, 0.3) is 0 Å². The number of carbonyl (C=O) groups excluding carboxylic acids is 1. The molecular formula is C19H41N3O2S2. The normalized spacial score (nSPS) is 9.08. The van der Waals surface area contributed by atoms with E-state index in [0.29, 0.717) is 19.0 Å². The Morgan fingerprint density at radius 3 is 2.35 bits per heavy atom. The highest BCUT2D eigenvalue weighted by Crippen LogP contribution is 2.20. The minimum atomic E-state index is -0.157. The van der Waals surface area contributed by atoms with Crippen molar-refractivity contribution in [1.82, 2.24) is 16.0 Å². The first-order valence-electron chi connectivity index (χ1n) is 9.63. The molecule has 0 saturated carbocycles. The molecule has 0 aliphatic rings. The van der Waals surface area contributed by atoms with Crippen molar-refractivity contribution >= 4 is 27.6 Å². The average Bonchev–Trinajstić information content (AvgIpc) is 2.66. The van der Waals surface area contributed by atoms with Crippen LogP contribution in [0.2, 0.25) is 0 Å². The summed E-state index contributed by atoms with van der Waals surface area (Å²) in [5.41, 5.74) is 0. The van der Waals surface area contributed by atoms with Crippen molar-refractivity contribution in [2.24, 2.45) is 5.92 Å². The summed E-state index contributed by atoms with van der Waals surface area (Å²) in [7, 11) is 5.50. The first kappa shape index (κ1) is 30.2. The van der Waals surface area contributed by atoms with Crippen molar-refractivity contribution in [1.29, 1.82) is 0 Å². The van der Waals surface area contributed by atoms with Gasteiger partial charge in [0.1, 0.15) is 5.94 Å². The van der Waals surface area contributed by atoms with Gasteiger partial charge in [-0.15, -0.1) is 0 Å². The van der Waals surface area contributed by atoms with Gasteiger partial charge in [0.05, 0.1) is 6.54 Å². The van der Waals surface area contributed by atoms with Crippen LogP contribution < -0.4 is 16.0 Å². The molecule has 0 spiro atoms. The highest BCUT2D eigenvalue weighted by Gasteiger charge is 1.97. The first-order chi connectivity index (χ1) is 12.7. The third kappa shape index (κ3) is 31.2. The van der Waals surface area contributed by atoms with Crippen LogP contribution in [-0.2, 0) is 4.74 Å². The molecule has 5 nitrogen and oxygen atoms in total. The van der Waals surface area contributed by atoms with Crippen LogP contribution in [0.3, 0.4) is 0 Å². The molecule has 0 bridgehead atoms. The zero-order valence-corrected chi connectivity index (χ0v) is 19.5. The number of hydrogen-bond donors (Lipinski definition) is 3. The van der Waals surface area contributed by atoms with E-state index in [2.05, 4.69) is 27.8 Å². The number of ether oxygens (including phenoxy) is 1. The summed E-state index contributed by atoms with van der Waals surface area (Å²) in [5, 5.41) is 8.61. The number of rotatable bonds is 12. The number of nitrogens with one attached hydrogen (secondary N) is 3. The summed E-state index contributed by atoms with van der Waals surface area (Å²) in [6, 6.07) is -0.157. The smallest absolute Gasteiger partial charge is 0.315 e. The van der Waals surface area contributed by atoms with Crippen LogP contribution in [0, 0.1) is 17.8 Å². The number of carbonyl (C=O) groups is 1. The lowest BCUT2D eigenvalue weighted by Crippen LogP contribution is -2.36. The minimum Gasteiger partial charge on any atom is -0.370 e. The van der Waals surface area contributed by atoms with E-state index in [1.165, 1.54) is 0 Å². The SMILES string of the molecule is CC.CC.CNCCSSCOCCCCNC(=O)NCC#CC(C)C. The predicted octanol–water partition coefficient (Wildman–Crippen LogP) is 4.35. The van der Waals surface area contributed by atoms with Gasteiger partial charge >= 0.3 is 6.03 Å². The van der Waals surface area contributed by atoms with E-state index in [1.807, 2.05) is 59.4 Å². The molecule has 0 aromatic rings. The molecule has 3 N–H and O–H groups in total. The molecule has 156 valence electrons. The maximum Gasteiger partial charge on any atom is 0.315 e. The van der Waals surface area contributed by atoms with Crippen LogP contribution in [0.4, 0.5) is 4.79 Å². The summed E-state index contributed by atoms with van der Waals surface area (Å²) in [6.07, 6.45) is 1.87. The summed E-state index contributed by atoms with van der Waals surface area (Å²) >= 11 is 0. The third-order valence-corrected chi connectivity index (χ3v) is 4.47. The lowest BCUT2D eigenvalue weighted by atomic mass is 10.2. The van der Waals surface area contributed by atoms with Gasteiger partial charge in [-0.1, -0.05) is 75.0 Å². The Morgan fingerprint density at radius 2 is 1.73 bits per heavy atom. The van der Waals surface area contributed by atoms with Crippen molar-refractivity contribution in [2.45, 2.75) is 54.4 Å². The second-order valence-corrected chi connectivity index (χ2v) is 7.39. The topological polar surface area (TPSA) is 62.4 Å². The van der Waals surface area contributed by atoms with E-state index in [0.717, 1.165) is 37.7 Å². The Labute approximate surface area is 170 Å². The van der Waals surface area contributed by atoms with Crippen molar-refractivity contribution in [3.05, 3.63) is 0 Å². The molecule has 0 radical (unpaired) electrons. The van der Waals surface area contributed by atoms with Crippen LogP contribution in [0.5, 0.6) is 0 Å². The zero-order chi connectivity index (χ0) is 20.5. The van der Waals surface area contributed by atoms with E-state index in [-0.39, 0.29) is 6.03 Å². The quantitative estimate of drug-likeness (QED) is 0.194. The van der Waals surface area contributed by atoms with E-state index in [1.54, 1.807) is 10.8 Å². The molecule has 0 fully saturated rings. The lowest BCUT2D eigenvalue weighted by Gasteiger charge is -2.06. The predicted molar refractivity (Wildman–Crippen MR) is 121 cm³/mol. The summed E-state index contributed by atoms with van der Waals surface area (Å²) in [6.45, 7) is 14.9. The Hall–Kier alpha value is -0.550. The van der Waals surface area contributed by atoms with Crippen LogP contribution in [-0.4, -0.2) is 51.0 Å². The zero-order valence-electron chi connectivity index (χ0n) is 17.9. The first-order valence-corrected chi connectivity index (χ1v) is 12.1. The largest absolute Gasteiger partial charge is 0.370 e. The molecule has 0 aliphatic carbocycles. The number of unbranched alkanes of at least 4 members (excludes halogenated alkanes) is 1. The monoisotopic (exact) mass is 407 g/mol. The standard InChI is InChI=1S/C15H29N3O2S2.2C2H6/c1-14(2)7-6-9-18-15(19)17-8-4-5-11-20-13-22-21-12-10-16-3;2*1-2/h14,16H,4-5,8-13H2,1-3H3,(H2,17,18,19);2*1-2H3. The van der Waals surface area contributed by atoms with E-state index in [9.17, 15) is 4.79 Å². The van der Waals surface area contributed by atoms with Crippen molar-refractivity contribution < 1.29 is 9.53 Å². The van der Waals surface area contributed by atoms with Crippen LogP contribution in [0.15, 0.2) is 0 Å². The van der Waals surface area contributed by atoms with Crippen molar-refractivity contribution in [3.63, 3.8) is 0 Å². The summed E-state index contributed by atoms with van der Waals surface area (Å²) in [4.78, 5) is 11.4. The molecule has 7 heteroatoms. The van der Waals surface area contributed by atoms with Gasteiger partial charge < -0.3 is 20.7 Å². The molecule has 2 amide bonds. The minimum absolute atomic E-state index is 0.157. The second-order valence-electron chi connectivity index (χ2n) is 4.86. The van der Waals surface area contributed by atoms with E-state index >= 15 is 0 Å². The third-order valence-electron chi connectivity index (χ3n) is 2.38. The Morgan fingerprint density at radius 1 is 1.04 bits per heavy atom. The van der Waals surface area contributed by atoms with Crippen molar-refractivity contribution in [3.8, 4) is 11.8 Å². The molecule has 0 aliphatic heterocycles. The molecule has 0 aromatic carbocycles. The highest BCUT2D eigenvalue weighted by molar-refractivity contribution is 8.76. The highest BCUT2D eigenvalue weighted by atomic mass is 33.1. The fraction of sp³-hybridized carbons (Fsp3) is 0.842. The maximum absolute atomic E-state index is 11.4. The van der Waals surface area contributed by atoms with Crippen LogP contribution >= 0.6 is 21.6 Å². The lowest BCUT2D eigenvalue weighted by molar-refractivity contribution is 0.178. The molecule has 0 aromatic heterocycles. The van der Waals surface area contributed by atoms with Gasteiger partial charge in [0.25, 0.3) is 0 Å². The molecule has 26 heavy (non-hydrogen) atoms. The molecular weight excluding hydrogens is 366 g/mol. The van der Waals surface area contributed by atoms with Gasteiger partial charge in [-0.2, -0.15) is 0 Å². The maximum atomic E-state index is 11.4. The van der Waals surface area contributed by atoms with Crippen molar-refractivity contribution in [2.75, 3.05) is 45.0 Å². The fourth-order valence-electron chi connectivity index (χ4n) is 1.30. The van der Waals surface area contributed by atoms with E-state index in [4.69, 9.17) is 4.74 Å². The van der Waals surface area contributed by atoms with Gasteiger partial charge in [-0.3, -0.25) is 0 Å². The Balaban J connectivity index is -0.00000123. The Kier molecular flexibility index (Phi) is 33.9. The number of urea groups is 1. The molecule has 0 saturated heterocycles. The van der Waals surface area contributed by atoms with Gasteiger partial charge in [0.15, 0.2) is 0 Å².